The molecule has 0 bridgehead atoms. The molecule has 1 aromatic carbocycles. The van der Waals surface area contributed by atoms with Gasteiger partial charge in [-0.3, -0.25) is 9.78 Å². The van der Waals surface area contributed by atoms with E-state index in [1.807, 2.05) is 42.5 Å². The molecule has 4 rings (SSSR count). The molecule has 0 aliphatic carbocycles. The van der Waals surface area contributed by atoms with Crippen molar-refractivity contribution < 1.29 is 4.79 Å². The van der Waals surface area contributed by atoms with Crippen molar-refractivity contribution in [2.75, 3.05) is 13.1 Å². The second kappa shape index (κ2) is 6.90. The lowest BCUT2D eigenvalue weighted by atomic mass is 9.98. The predicted molar refractivity (Wildman–Crippen MR) is 102 cm³/mol. The minimum absolute atomic E-state index is 0.193. The lowest BCUT2D eigenvalue weighted by Gasteiger charge is -2.33. The Bertz CT molecular complexity index is 933. The van der Waals surface area contributed by atoms with Crippen LogP contribution in [0.2, 0.25) is 0 Å². The molecule has 3 heterocycles. The minimum Gasteiger partial charge on any atom is -0.340 e. The van der Waals surface area contributed by atoms with Crippen LogP contribution in [0.3, 0.4) is 0 Å². The van der Waals surface area contributed by atoms with Gasteiger partial charge in [0.05, 0.1) is 24.3 Å². The highest BCUT2D eigenvalue weighted by atomic mass is 16.2. The Labute approximate surface area is 153 Å². The molecule has 1 amide bonds. The van der Waals surface area contributed by atoms with Gasteiger partial charge in [0.2, 0.25) is 5.91 Å². The van der Waals surface area contributed by atoms with Crippen molar-refractivity contribution in [3.05, 3.63) is 59.8 Å². The van der Waals surface area contributed by atoms with E-state index in [0.29, 0.717) is 12.5 Å². The summed E-state index contributed by atoms with van der Waals surface area (Å²) in [6, 6.07) is 8.47. The van der Waals surface area contributed by atoms with Gasteiger partial charge in [0, 0.05) is 36.6 Å². The fraction of sp³-hybridized carbons (Fsp3) is 0.381. The lowest BCUT2D eigenvalue weighted by Crippen LogP contribution is -2.41. The van der Waals surface area contributed by atoms with Crippen molar-refractivity contribution in [3.63, 3.8) is 0 Å². The van der Waals surface area contributed by atoms with E-state index in [1.165, 1.54) is 5.56 Å². The van der Waals surface area contributed by atoms with Gasteiger partial charge in [-0.2, -0.15) is 0 Å². The molecule has 5 heteroatoms. The van der Waals surface area contributed by atoms with Gasteiger partial charge in [0.15, 0.2) is 0 Å². The van der Waals surface area contributed by atoms with Gasteiger partial charge in [-0.15, -0.1) is 0 Å². The van der Waals surface area contributed by atoms with Crippen molar-refractivity contribution in [1.82, 2.24) is 19.4 Å². The number of piperidine rings is 1. The zero-order valence-electron chi connectivity index (χ0n) is 15.4. The van der Waals surface area contributed by atoms with Crippen LogP contribution in [0.4, 0.5) is 0 Å². The summed E-state index contributed by atoms with van der Waals surface area (Å²) in [5, 5.41) is 1.14. The smallest absolute Gasteiger partial charge is 0.227 e. The largest absolute Gasteiger partial charge is 0.340 e. The van der Waals surface area contributed by atoms with E-state index >= 15 is 0 Å². The topological polar surface area (TPSA) is 51.0 Å². The molecule has 1 saturated heterocycles. The van der Waals surface area contributed by atoms with Gasteiger partial charge in [-0.1, -0.05) is 18.2 Å². The van der Waals surface area contributed by atoms with E-state index < -0.39 is 0 Å². The van der Waals surface area contributed by atoms with Crippen LogP contribution >= 0.6 is 0 Å². The number of amides is 1. The Morgan fingerprint density at radius 2 is 2.12 bits per heavy atom. The molecular weight excluding hydrogens is 324 g/mol. The molecule has 0 saturated carbocycles. The number of likely N-dealkylation sites (tertiary alicyclic amines) is 1. The normalized spacial score (nSPS) is 17.6. The Kier molecular flexibility index (Phi) is 4.45. The maximum absolute atomic E-state index is 13.0. The van der Waals surface area contributed by atoms with E-state index in [2.05, 4.69) is 22.5 Å². The first kappa shape index (κ1) is 16.8. The Morgan fingerprint density at radius 1 is 1.27 bits per heavy atom. The molecule has 3 aromatic rings. The first-order chi connectivity index (χ1) is 12.6. The van der Waals surface area contributed by atoms with Crippen molar-refractivity contribution in [3.8, 4) is 0 Å². The standard InChI is InChI=1S/C21H24N4O/c1-15-18-7-3-4-8-20(18)23-16(2)19(15)12-21(26)24-10-5-6-17(13-24)25-11-9-22-14-25/h3-4,7-9,11,14,17H,5-6,10,12-13H2,1-2H3/t17-/m0/s1. The molecule has 0 unspecified atom stereocenters. The van der Waals surface area contributed by atoms with Crippen LogP contribution in [-0.4, -0.2) is 38.4 Å². The Hall–Kier alpha value is -2.69. The fourth-order valence-electron chi connectivity index (χ4n) is 4.00. The first-order valence-corrected chi connectivity index (χ1v) is 9.23. The maximum Gasteiger partial charge on any atom is 0.227 e. The third-order valence-electron chi connectivity index (χ3n) is 5.51. The summed E-state index contributed by atoms with van der Waals surface area (Å²) in [5.74, 6) is 0.193. The molecular formula is C21H24N4O. The summed E-state index contributed by atoms with van der Waals surface area (Å²) >= 11 is 0. The third kappa shape index (κ3) is 3.09. The Balaban J connectivity index is 1.55. The number of hydrogen-bond donors (Lipinski definition) is 0. The summed E-state index contributed by atoms with van der Waals surface area (Å²) in [6.45, 7) is 5.70. The number of pyridine rings is 1. The second-order valence-corrected chi connectivity index (χ2v) is 7.14. The average Bonchev–Trinajstić information content (AvgIpc) is 3.20. The number of carbonyl (C=O) groups excluding carboxylic acids is 1. The number of benzene rings is 1. The predicted octanol–water partition coefficient (Wildman–Crippen LogP) is 3.45. The van der Waals surface area contributed by atoms with E-state index in [1.54, 1.807) is 6.20 Å². The molecule has 1 aliphatic rings. The molecule has 1 aliphatic heterocycles. The fourth-order valence-corrected chi connectivity index (χ4v) is 4.00. The van der Waals surface area contributed by atoms with Gasteiger partial charge in [-0.05, 0) is 43.9 Å². The van der Waals surface area contributed by atoms with Gasteiger partial charge in [0.1, 0.15) is 0 Å². The molecule has 1 atom stereocenters. The van der Waals surface area contributed by atoms with Crippen molar-refractivity contribution in [1.29, 1.82) is 0 Å². The van der Waals surface area contributed by atoms with E-state index in [4.69, 9.17) is 4.98 Å². The molecule has 2 aromatic heterocycles. The highest BCUT2D eigenvalue weighted by Gasteiger charge is 2.25. The molecule has 134 valence electrons. The number of hydrogen-bond acceptors (Lipinski definition) is 3. The van der Waals surface area contributed by atoms with Crippen LogP contribution in [0.5, 0.6) is 0 Å². The van der Waals surface area contributed by atoms with Crippen LogP contribution in [0.1, 0.15) is 35.7 Å². The first-order valence-electron chi connectivity index (χ1n) is 9.23. The molecule has 26 heavy (non-hydrogen) atoms. The third-order valence-corrected chi connectivity index (χ3v) is 5.51. The molecule has 0 N–H and O–H groups in total. The quantitative estimate of drug-likeness (QED) is 0.728. The highest BCUT2D eigenvalue weighted by Crippen LogP contribution is 2.25. The number of imidazole rings is 1. The number of para-hydroxylation sites is 1. The zero-order chi connectivity index (χ0) is 18.1. The van der Waals surface area contributed by atoms with Crippen molar-refractivity contribution in [2.45, 2.75) is 39.2 Å². The highest BCUT2D eigenvalue weighted by molar-refractivity contribution is 5.86. The van der Waals surface area contributed by atoms with Crippen molar-refractivity contribution in [2.24, 2.45) is 0 Å². The van der Waals surface area contributed by atoms with Crippen molar-refractivity contribution >= 4 is 16.8 Å². The molecule has 5 nitrogen and oxygen atoms in total. The number of aryl methyl sites for hydroxylation is 2. The minimum atomic E-state index is 0.193. The monoisotopic (exact) mass is 348 g/mol. The maximum atomic E-state index is 13.0. The number of rotatable bonds is 3. The summed E-state index contributed by atoms with van der Waals surface area (Å²) in [7, 11) is 0. The number of carbonyl (C=O) groups is 1. The zero-order valence-corrected chi connectivity index (χ0v) is 15.4. The summed E-state index contributed by atoms with van der Waals surface area (Å²) in [4.78, 5) is 23.8. The molecule has 0 spiro atoms. The second-order valence-electron chi connectivity index (χ2n) is 7.14. The van der Waals surface area contributed by atoms with Crippen LogP contribution in [0, 0.1) is 13.8 Å². The SMILES string of the molecule is Cc1nc2ccccc2c(C)c1CC(=O)N1CCC[C@H](n2ccnc2)C1. The van der Waals surface area contributed by atoms with E-state index in [9.17, 15) is 4.79 Å². The number of nitrogens with zero attached hydrogens (tertiary/aromatic N) is 4. The molecule has 1 fully saturated rings. The van der Waals surface area contributed by atoms with Crippen LogP contribution < -0.4 is 0 Å². The Morgan fingerprint density at radius 3 is 2.92 bits per heavy atom. The summed E-state index contributed by atoms with van der Waals surface area (Å²) < 4.78 is 2.12. The van der Waals surface area contributed by atoms with Gasteiger partial charge >= 0.3 is 0 Å². The van der Waals surface area contributed by atoms with Gasteiger partial charge < -0.3 is 9.47 Å². The lowest BCUT2D eigenvalue weighted by molar-refractivity contribution is -0.132. The number of fused-ring (bicyclic) bond motifs is 1. The van der Waals surface area contributed by atoms with E-state index in [0.717, 1.165) is 48.1 Å². The van der Waals surface area contributed by atoms with Crippen LogP contribution in [0.15, 0.2) is 43.0 Å². The summed E-state index contributed by atoms with van der Waals surface area (Å²) in [5.41, 5.74) is 4.19. The van der Waals surface area contributed by atoms with Crippen LogP contribution in [0.25, 0.3) is 10.9 Å². The van der Waals surface area contributed by atoms with Gasteiger partial charge in [0.25, 0.3) is 0 Å². The summed E-state index contributed by atoms with van der Waals surface area (Å²) in [6.07, 6.45) is 8.18. The van der Waals surface area contributed by atoms with Gasteiger partial charge in [-0.25, -0.2) is 4.98 Å². The van der Waals surface area contributed by atoms with E-state index in [-0.39, 0.29) is 5.91 Å². The number of aromatic nitrogens is 3. The average molecular weight is 348 g/mol. The molecule has 0 radical (unpaired) electrons. The van der Waals surface area contributed by atoms with Crippen LogP contribution in [-0.2, 0) is 11.2 Å².